The molecule has 0 saturated heterocycles. The third kappa shape index (κ3) is 6.25. The second-order valence-corrected chi connectivity index (χ2v) is 11.4. The van der Waals surface area contributed by atoms with E-state index >= 15 is 4.39 Å². The number of urea groups is 1. The molecule has 49 heavy (non-hydrogen) atoms. The molecular formula is C33H27F4N7O5. The Morgan fingerprint density at radius 3 is 2.55 bits per heavy atom. The highest BCUT2D eigenvalue weighted by molar-refractivity contribution is 6.10. The Balaban J connectivity index is 1.28. The number of aliphatic hydroxyl groups excluding tert-OH is 1. The molecule has 6 rings (SSSR count). The average Bonchev–Trinajstić information content (AvgIpc) is 3.50. The number of carboxylic acids is 1. The summed E-state index contributed by atoms with van der Waals surface area (Å²) in [5.41, 5.74) is 1.36. The molecule has 12 nitrogen and oxygen atoms in total. The molecule has 0 spiro atoms. The lowest BCUT2D eigenvalue weighted by atomic mass is 9.98. The fourth-order valence-corrected chi connectivity index (χ4v) is 5.93. The van der Waals surface area contributed by atoms with Crippen LogP contribution < -0.4 is 15.1 Å². The van der Waals surface area contributed by atoms with E-state index in [0.717, 1.165) is 27.9 Å². The van der Waals surface area contributed by atoms with E-state index in [2.05, 4.69) is 20.3 Å². The van der Waals surface area contributed by atoms with Gasteiger partial charge in [-0.2, -0.15) is 13.2 Å². The average molecular weight is 678 g/mol. The van der Waals surface area contributed by atoms with E-state index in [4.69, 9.17) is 0 Å². The summed E-state index contributed by atoms with van der Waals surface area (Å²) < 4.78 is 55.2. The van der Waals surface area contributed by atoms with Gasteiger partial charge in [-0.15, -0.1) is 0 Å². The first kappa shape index (κ1) is 33.0. The first-order valence-electron chi connectivity index (χ1n) is 14.7. The molecule has 0 fully saturated rings. The number of aliphatic hydroxyl groups is 1. The number of carbonyl (C=O) groups excluding carboxylic acids is 2. The first-order chi connectivity index (χ1) is 23.2. The van der Waals surface area contributed by atoms with E-state index in [1.54, 1.807) is 24.3 Å². The van der Waals surface area contributed by atoms with Crippen LogP contribution in [0.4, 0.5) is 33.7 Å². The molecule has 2 atom stereocenters. The van der Waals surface area contributed by atoms with Gasteiger partial charge in [0.05, 0.1) is 28.7 Å². The van der Waals surface area contributed by atoms with Gasteiger partial charge in [-0.25, -0.2) is 19.0 Å². The molecular weight excluding hydrogens is 650 g/mol. The number of benzene rings is 2. The quantitative estimate of drug-likeness (QED) is 0.194. The van der Waals surface area contributed by atoms with Crippen LogP contribution in [0.1, 0.15) is 33.3 Å². The Morgan fingerprint density at radius 2 is 1.84 bits per heavy atom. The fourth-order valence-electron chi connectivity index (χ4n) is 5.93. The van der Waals surface area contributed by atoms with Crippen LogP contribution in [0.15, 0.2) is 73.4 Å². The molecule has 1 unspecified atom stereocenters. The summed E-state index contributed by atoms with van der Waals surface area (Å²) in [4.78, 5) is 53.9. The van der Waals surface area contributed by atoms with Crippen molar-refractivity contribution in [1.82, 2.24) is 24.8 Å². The summed E-state index contributed by atoms with van der Waals surface area (Å²) in [7, 11) is 1.53. The number of hydrogen-bond donors (Lipinski definition) is 3. The van der Waals surface area contributed by atoms with Crippen LogP contribution in [0.2, 0.25) is 0 Å². The van der Waals surface area contributed by atoms with E-state index in [1.807, 2.05) is 0 Å². The molecule has 0 radical (unpaired) electrons. The SMILES string of the molecule is Cc1cc(-c2nccn2CC(F)(F)F)cc(F)c1C(=O)N[C@@H](Cc1ccc(N2C(=O)N(C)c3cnccc3C2O)c2ncccc12)C(=O)O. The number of fused-ring (bicyclic) bond motifs is 2. The number of aryl methyl sites for hydroxylation is 1. The molecule has 1 aliphatic rings. The predicted molar refractivity (Wildman–Crippen MR) is 168 cm³/mol. The summed E-state index contributed by atoms with van der Waals surface area (Å²) in [6, 6.07) is 7.94. The monoisotopic (exact) mass is 677 g/mol. The maximum Gasteiger partial charge on any atom is 0.406 e. The van der Waals surface area contributed by atoms with Gasteiger partial charge in [0.25, 0.3) is 5.91 Å². The molecule has 2 aromatic carbocycles. The molecule has 0 bridgehead atoms. The van der Waals surface area contributed by atoms with Gasteiger partial charge in [0.1, 0.15) is 24.2 Å². The Bertz CT molecular complexity index is 2100. The zero-order chi connectivity index (χ0) is 35.2. The number of amides is 3. The van der Waals surface area contributed by atoms with E-state index in [9.17, 15) is 37.8 Å². The van der Waals surface area contributed by atoms with Gasteiger partial charge in [0.2, 0.25) is 0 Å². The Hall–Kier alpha value is -5.90. The molecule has 1 aliphatic heterocycles. The van der Waals surface area contributed by atoms with Crippen molar-refractivity contribution in [2.75, 3.05) is 16.8 Å². The van der Waals surface area contributed by atoms with Crippen LogP contribution in [0, 0.1) is 12.7 Å². The van der Waals surface area contributed by atoms with Crippen molar-refractivity contribution in [2.45, 2.75) is 38.3 Å². The second kappa shape index (κ2) is 12.6. The van der Waals surface area contributed by atoms with Crippen molar-refractivity contribution < 1.29 is 42.2 Å². The third-order valence-corrected chi connectivity index (χ3v) is 8.17. The minimum atomic E-state index is -4.55. The van der Waals surface area contributed by atoms with E-state index in [0.29, 0.717) is 22.2 Å². The van der Waals surface area contributed by atoms with Crippen molar-refractivity contribution in [3.8, 4) is 11.4 Å². The van der Waals surface area contributed by atoms with Crippen molar-refractivity contribution in [3.05, 3.63) is 102 Å². The number of anilines is 2. The lowest BCUT2D eigenvalue weighted by Crippen LogP contribution is -2.48. The summed E-state index contributed by atoms with van der Waals surface area (Å²) >= 11 is 0. The zero-order valence-corrected chi connectivity index (χ0v) is 25.8. The van der Waals surface area contributed by atoms with E-state index in [-0.39, 0.29) is 34.6 Å². The first-order valence-corrected chi connectivity index (χ1v) is 14.7. The molecule has 3 aromatic heterocycles. The maximum atomic E-state index is 15.4. The van der Waals surface area contributed by atoms with Gasteiger partial charge in [-0.05, 0) is 48.4 Å². The van der Waals surface area contributed by atoms with Crippen molar-refractivity contribution in [2.24, 2.45) is 0 Å². The number of halogens is 4. The Labute approximate surface area is 275 Å². The number of alkyl halides is 3. The number of rotatable bonds is 8. The minimum Gasteiger partial charge on any atom is -0.480 e. The van der Waals surface area contributed by atoms with Gasteiger partial charge in [0.15, 0.2) is 6.23 Å². The molecule has 4 heterocycles. The largest absolute Gasteiger partial charge is 0.480 e. The number of imidazole rings is 1. The second-order valence-electron chi connectivity index (χ2n) is 11.4. The number of carboxylic acid groups (broad SMARTS) is 1. The maximum absolute atomic E-state index is 15.4. The van der Waals surface area contributed by atoms with Crippen LogP contribution in [0.25, 0.3) is 22.3 Å². The van der Waals surface area contributed by atoms with E-state index < -0.39 is 54.3 Å². The standard InChI is InChI=1S/C33H27F4N7O5/c1-17-12-19(28-40-10-11-43(28)16-33(35,36)37)13-22(34)26(17)29(45)41-23(31(47)48)14-18-5-6-24(27-20(18)4-3-8-39-27)44-30(46)21-7-9-38-15-25(21)42(2)32(44)49/h3-13,15,23,30,46H,14,16H2,1-2H3,(H,41,45)(H,47,48)/t23-,30?/m0/s1. The number of aromatic nitrogens is 4. The zero-order valence-electron chi connectivity index (χ0n) is 25.8. The van der Waals surface area contributed by atoms with Crippen LogP contribution >= 0.6 is 0 Å². The number of hydrogen-bond acceptors (Lipinski definition) is 7. The topological polar surface area (TPSA) is 154 Å². The number of pyridine rings is 2. The highest BCUT2D eigenvalue weighted by atomic mass is 19.4. The molecule has 3 N–H and O–H groups in total. The lowest BCUT2D eigenvalue weighted by Gasteiger charge is -2.38. The summed E-state index contributed by atoms with van der Waals surface area (Å²) in [6.07, 6.45) is 0.451. The number of nitrogens with zero attached hydrogens (tertiary/aromatic N) is 6. The third-order valence-electron chi connectivity index (χ3n) is 8.17. The summed E-state index contributed by atoms with van der Waals surface area (Å²) in [6.45, 7) is 0.0171. The number of aliphatic carboxylic acids is 1. The van der Waals surface area contributed by atoms with Crippen molar-refractivity contribution in [1.29, 1.82) is 0 Å². The van der Waals surface area contributed by atoms with Crippen LogP contribution in [-0.2, 0) is 17.8 Å². The van der Waals surface area contributed by atoms with E-state index in [1.165, 1.54) is 49.6 Å². The molecule has 5 aromatic rings. The molecule has 252 valence electrons. The van der Waals surface area contributed by atoms with Crippen LogP contribution in [0.5, 0.6) is 0 Å². The highest BCUT2D eigenvalue weighted by Crippen LogP contribution is 2.40. The van der Waals surface area contributed by atoms with Gasteiger partial charge in [-0.3, -0.25) is 24.6 Å². The lowest BCUT2D eigenvalue weighted by molar-refractivity contribution is -0.140. The Kier molecular flexibility index (Phi) is 8.50. The van der Waals surface area contributed by atoms with Gasteiger partial charge >= 0.3 is 18.2 Å². The molecule has 0 aliphatic carbocycles. The van der Waals surface area contributed by atoms with Gasteiger partial charge < -0.3 is 20.1 Å². The smallest absolute Gasteiger partial charge is 0.406 e. The normalized spacial score (nSPS) is 15.3. The van der Waals surface area contributed by atoms with Crippen LogP contribution in [0.3, 0.4) is 0 Å². The minimum absolute atomic E-state index is 0.00158. The summed E-state index contributed by atoms with van der Waals surface area (Å²) in [5.74, 6) is -3.72. The fraction of sp³-hybridized carbons (Fsp3) is 0.212. The van der Waals surface area contributed by atoms with Crippen molar-refractivity contribution in [3.63, 3.8) is 0 Å². The summed E-state index contributed by atoms with van der Waals surface area (Å²) in [5, 5.41) is 24.1. The van der Waals surface area contributed by atoms with Gasteiger partial charge in [0, 0.05) is 54.8 Å². The molecule has 16 heteroatoms. The molecule has 0 saturated carbocycles. The number of carbonyl (C=O) groups is 3. The molecule has 3 amide bonds. The Morgan fingerprint density at radius 1 is 1.06 bits per heavy atom. The number of nitrogens with one attached hydrogen (secondary N) is 1. The van der Waals surface area contributed by atoms with Crippen molar-refractivity contribution >= 4 is 40.2 Å². The van der Waals surface area contributed by atoms with Gasteiger partial charge in [-0.1, -0.05) is 12.1 Å². The highest BCUT2D eigenvalue weighted by Gasteiger charge is 2.37. The predicted octanol–water partition coefficient (Wildman–Crippen LogP) is 5.00. The van der Waals surface area contributed by atoms with Crippen LogP contribution in [-0.4, -0.2) is 66.9 Å².